The van der Waals surface area contributed by atoms with E-state index in [1.807, 2.05) is 32.0 Å². The summed E-state index contributed by atoms with van der Waals surface area (Å²) >= 11 is 0. The lowest BCUT2D eigenvalue weighted by Gasteiger charge is -2.23. The summed E-state index contributed by atoms with van der Waals surface area (Å²) in [4.78, 5) is 0. The van der Waals surface area contributed by atoms with Crippen LogP contribution >= 0.6 is 0 Å². The molecule has 72 valence electrons. The van der Waals surface area contributed by atoms with Crippen LogP contribution in [0.25, 0.3) is 0 Å². The highest BCUT2D eigenvalue weighted by Gasteiger charge is 2.19. The van der Waals surface area contributed by atoms with Crippen molar-refractivity contribution in [2.45, 2.75) is 26.3 Å². The second kappa shape index (κ2) is 3.48. The van der Waals surface area contributed by atoms with E-state index in [0.29, 0.717) is 0 Å². The first-order valence-electron chi connectivity index (χ1n) is 4.45. The van der Waals surface area contributed by atoms with Gasteiger partial charge in [0, 0.05) is 0 Å². The van der Waals surface area contributed by atoms with Crippen molar-refractivity contribution in [2.24, 2.45) is 5.73 Å². The average Bonchev–Trinajstić information content (AvgIpc) is 2.09. The minimum Gasteiger partial charge on any atom is -0.394 e. The van der Waals surface area contributed by atoms with E-state index in [-0.39, 0.29) is 6.61 Å². The first-order valence-corrected chi connectivity index (χ1v) is 4.45. The van der Waals surface area contributed by atoms with Gasteiger partial charge in [-0.3, -0.25) is 0 Å². The van der Waals surface area contributed by atoms with Crippen LogP contribution in [0.3, 0.4) is 0 Å². The van der Waals surface area contributed by atoms with Crippen LogP contribution in [-0.4, -0.2) is 11.7 Å². The van der Waals surface area contributed by atoms with Crippen LogP contribution in [0.5, 0.6) is 0 Å². The molecule has 0 spiro atoms. The summed E-state index contributed by atoms with van der Waals surface area (Å²) in [6.45, 7) is 5.91. The lowest BCUT2D eigenvalue weighted by Crippen LogP contribution is -2.36. The van der Waals surface area contributed by atoms with Gasteiger partial charge in [-0.1, -0.05) is 18.2 Å². The zero-order valence-electron chi connectivity index (χ0n) is 8.46. The van der Waals surface area contributed by atoms with E-state index in [2.05, 4.69) is 6.92 Å². The maximum Gasteiger partial charge on any atom is 0.0650 e. The van der Waals surface area contributed by atoms with Crippen LogP contribution in [0, 0.1) is 13.8 Å². The van der Waals surface area contributed by atoms with Gasteiger partial charge >= 0.3 is 0 Å². The Balaban J connectivity index is 3.10. The number of aryl methyl sites for hydroxylation is 2. The fourth-order valence-corrected chi connectivity index (χ4v) is 1.19. The molecule has 2 nitrogen and oxygen atoms in total. The van der Waals surface area contributed by atoms with Crippen molar-refractivity contribution >= 4 is 0 Å². The molecular formula is C11H17NO. The lowest BCUT2D eigenvalue weighted by molar-refractivity contribution is 0.210. The molecule has 13 heavy (non-hydrogen) atoms. The van der Waals surface area contributed by atoms with Gasteiger partial charge < -0.3 is 10.8 Å². The van der Waals surface area contributed by atoms with Crippen LogP contribution in [0.1, 0.15) is 23.6 Å². The molecule has 0 fully saturated rings. The fourth-order valence-electron chi connectivity index (χ4n) is 1.19. The van der Waals surface area contributed by atoms with Crippen molar-refractivity contribution in [2.75, 3.05) is 6.61 Å². The molecular weight excluding hydrogens is 162 g/mol. The number of hydrogen-bond acceptors (Lipinski definition) is 2. The largest absolute Gasteiger partial charge is 0.394 e. The summed E-state index contributed by atoms with van der Waals surface area (Å²) in [6.07, 6.45) is 0. The SMILES string of the molecule is Cc1ccc([C@](C)(N)CO)cc1C. The Hall–Kier alpha value is -0.860. The molecule has 0 saturated heterocycles. The van der Waals surface area contributed by atoms with E-state index in [9.17, 15) is 0 Å². The summed E-state index contributed by atoms with van der Waals surface area (Å²) in [5.41, 5.74) is 8.72. The van der Waals surface area contributed by atoms with Gasteiger partial charge in [0.2, 0.25) is 0 Å². The number of rotatable bonds is 2. The Kier molecular flexibility index (Phi) is 2.74. The summed E-state index contributed by atoms with van der Waals surface area (Å²) in [5.74, 6) is 0. The van der Waals surface area contributed by atoms with E-state index in [0.717, 1.165) is 5.56 Å². The smallest absolute Gasteiger partial charge is 0.0650 e. The molecule has 1 aromatic carbocycles. The van der Waals surface area contributed by atoms with E-state index >= 15 is 0 Å². The molecule has 0 aliphatic heterocycles. The van der Waals surface area contributed by atoms with Gasteiger partial charge in [0.05, 0.1) is 12.1 Å². The van der Waals surface area contributed by atoms with Crippen LogP contribution < -0.4 is 5.73 Å². The molecule has 1 atom stereocenters. The van der Waals surface area contributed by atoms with Gasteiger partial charge in [0.25, 0.3) is 0 Å². The fraction of sp³-hybridized carbons (Fsp3) is 0.455. The highest BCUT2D eigenvalue weighted by Crippen LogP contribution is 2.19. The van der Waals surface area contributed by atoms with Crippen LogP contribution in [-0.2, 0) is 5.54 Å². The van der Waals surface area contributed by atoms with Crippen LogP contribution in [0.2, 0.25) is 0 Å². The molecule has 0 aliphatic rings. The van der Waals surface area contributed by atoms with Crippen molar-refractivity contribution in [3.63, 3.8) is 0 Å². The second-order valence-corrected chi connectivity index (χ2v) is 3.87. The van der Waals surface area contributed by atoms with E-state index in [1.165, 1.54) is 11.1 Å². The van der Waals surface area contributed by atoms with Gasteiger partial charge in [-0.25, -0.2) is 0 Å². The van der Waals surface area contributed by atoms with Crippen molar-refractivity contribution in [1.82, 2.24) is 0 Å². The van der Waals surface area contributed by atoms with E-state index < -0.39 is 5.54 Å². The van der Waals surface area contributed by atoms with Crippen LogP contribution in [0.4, 0.5) is 0 Å². The number of hydrogen-bond donors (Lipinski definition) is 2. The number of benzene rings is 1. The summed E-state index contributed by atoms with van der Waals surface area (Å²) in [6, 6.07) is 6.04. The third-order valence-electron chi connectivity index (χ3n) is 2.49. The third-order valence-corrected chi connectivity index (χ3v) is 2.49. The van der Waals surface area contributed by atoms with Crippen molar-refractivity contribution in [1.29, 1.82) is 0 Å². The molecule has 0 radical (unpaired) electrons. The van der Waals surface area contributed by atoms with E-state index in [1.54, 1.807) is 0 Å². The maximum absolute atomic E-state index is 9.08. The van der Waals surface area contributed by atoms with Gasteiger partial charge in [0.1, 0.15) is 0 Å². The van der Waals surface area contributed by atoms with Gasteiger partial charge in [-0.05, 0) is 37.5 Å². The molecule has 0 unspecified atom stereocenters. The minimum atomic E-state index is -0.627. The average molecular weight is 179 g/mol. The normalized spacial score (nSPS) is 15.5. The molecule has 0 heterocycles. The Morgan fingerprint density at radius 3 is 2.38 bits per heavy atom. The first kappa shape index (κ1) is 10.2. The third kappa shape index (κ3) is 2.08. The van der Waals surface area contributed by atoms with Crippen molar-refractivity contribution in [3.05, 3.63) is 34.9 Å². The van der Waals surface area contributed by atoms with Gasteiger partial charge in [0.15, 0.2) is 0 Å². The van der Waals surface area contributed by atoms with Crippen LogP contribution in [0.15, 0.2) is 18.2 Å². The minimum absolute atomic E-state index is 0.0322. The lowest BCUT2D eigenvalue weighted by atomic mass is 9.92. The Morgan fingerprint density at radius 1 is 1.31 bits per heavy atom. The summed E-state index contributed by atoms with van der Waals surface area (Å²) in [7, 11) is 0. The zero-order valence-corrected chi connectivity index (χ0v) is 8.46. The Bertz CT molecular complexity index is 305. The molecule has 0 bridgehead atoms. The quantitative estimate of drug-likeness (QED) is 0.722. The summed E-state index contributed by atoms with van der Waals surface area (Å²) < 4.78 is 0. The van der Waals surface area contributed by atoms with E-state index in [4.69, 9.17) is 10.8 Å². The molecule has 2 heteroatoms. The highest BCUT2D eigenvalue weighted by molar-refractivity contribution is 5.33. The Labute approximate surface area is 79.4 Å². The molecule has 0 aromatic heterocycles. The van der Waals surface area contributed by atoms with Gasteiger partial charge in [-0.15, -0.1) is 0 Å². The van der Waals surface area contributed by atoms with Crippen molar-refractivity contribution in [3.8, 4) is 0 Å². The highest BCUT2D eigenvalue weighted by atomic mass is 16.3. The predicted molar refractivity (Wildman–Crippen MR) is 54.5 cm³/mol. The molecule has 0 amide bonds. The maximum atomic E-state index is 9.08. The molecule has 0 saturated carbocycles. The number of nitrogens with two attached hydrogens (primary N) is 1. The van der Waals surface area contributed by atoms with Gasteiger partial charge in [-0.2, -0.15) is 0 Å². The Morgan fingerprint density at radius 2 is 1.92 bits per heavy atom. The summed E-state index contributed by atoms with van der Waals surface area (Å²) in [5, 5.41) is 9.08. The molecule has 3 N–H and O–H groups in total. The molecule has 1 aromatic rings. The second-order valence-electron chi connectivity index (χ2n) is 3.87. The standard InChI is InChI=1S/C11H17NO/c1-8-4-5-10(6-9(8)2)11(3,12)7-13/h4-6,13H,7,12H2,1-3H3/t11-/m1/s1. The zero-order chi connectivity index (χ0) is 10.1. The number of aliphatic hydroxyl groups is 1. The first-order chi connectivity index (χ1) is 5.97. The molecule has 0 aliphatic carbocycles. The topological polar surface area (TPSA) is 46.2 Å². The number of aliphatic hydroxyl groups excluding tert-OH is 1. The van der Waals surface area contributed by atoms with Crippen molar-refractivity contribution < 1.29 is 5.11 Å². The monoisotopic (exact) mass is 179 g/mol. The predicted octanol–water partition coefficient (Wildman–Crippen LogP) is 1.47. The molecule has 1 rings (SSSR count).